The van der Waals surface area contributed by atoms with Gasteiger partial charge in [0.25, 0.3) is 0 Å². The summed E-state index contributed by atoms with van der Waals surface area (Å²) in [5.74, 6) is -3.33. The predicted octanol–water partition coefficient (Wildman–Crippen LogP) is 3.87. The standard InChI is InChI=1S/C17H15F3O/c18-14-9-16(20)15(19)8-13(14)17(21)7-10-4-5-11-2-1-3-12(11)6-10/h4-6,8-9,17,21H,1-3,7H2. The zero-order valence-electron chi connectivity index (χ0n) is 11.4. The summed E-state index contributed by atoms with van der Waals surface area (Å²) in [6.07, 6.45) is 2.18. The molecule has 3 rings (SSSR count). The number of halogens is 3. The number of aliphatic hydroxyl groups is 1. The SMILES string of the molecule is OC(Cc1ccc2c(c1)CCC2)c1cc(F)c(F)cc1F. The van der Waals surface area contributed by atoms with Crippen LogP contribution in [0, 0.1) is 17.5 Å². The predicted molar refractivity (Wildman–Crippen MR) is 73.4 cm³/mol. The van der Waals surface area contributed by atoms with Crippen LogP contribution in [0.2, 0.25) is 0 Å². The normalized spacial score (nSPS) is 15.0. The number of aryl methyl sites for hydroxylation is 2. The molecule has 110 valence electrons. The van der Waals surface area contributed by atoms with Crippen molar-refractivity contribution in [1.82, 2.24) is 0 Å². The Morgan fingerprint density at radius 1 is 0.905 bits per heavy atom. The maximum atomic E-state index is 13.6. The van der Waals surface area contributed by atoms with E-state index in [1.807, 2.05) is 18.2 Å². The average Bonchev–Trinajstić information content (AvgIpc) is 2.90. The second kappa shape index (κ2) is 5.53. The third kappa shape index (κ3) is 2.81. The van der Waals surface area contributed by atoms with Crippen LogP contribution in [0.5, 0.6) is 0 Å². The Labute approximate surface area is 121 Å². The van der Waals surface area contributed by atoms with Crippen LogP contribution in [0.15, 0.2) is 30.3 Å². The third-order valence-corrected chi connectivity index (χ3v) is 3.99. The summed E-state index contributed by atoms with van der Waals surface area (Å²) in [4.78, 5) is 0. The zero-order chi connectivity index (χ0) is 15.0. The summed E-state index contributed by atoms with van der Waals surface area (Å²) < 4.78 is 39.7. The Morgan fingerprint density at radius 2 is 1.62 bits per heavy atom. The van der Waals surface area contributed by atoms with Crippen molar-refractivity contribution in [3.05, 3.63) is 70.0 Å². The van der Waals surface area contributed by atoms with Crippen LogP contribution >= 0.6 is 0 Å². The maximum absolute atomic E-state index is 13.6. The summed E-state index contributed by atoms with van der Waals surface area (Å²) in [7, 11) is 0. The molecule has 0 saturated heterocycles. The van der Waals surface area contributed by atoms with E-state index in [1.165, 1.54) is 11.1 Å². The number of rotatable bonds is 3. The van der Waals surface area contributed by atoms with Crippen molar-refractivity contribution < 1.29 is 18.3 Å². The maximum Gasteiger partial charge on any atom is 0.161 e. The smallest absolute Gasteiger partial charge is 0.161 e. The first-order valence-electron chi connectivity index (χ1n) is 6.98. The molecule has 1 N–H and O–H groups in total. The van der Waals surface area contributed by atoms with E-state index in [-0.39, 0.29) is 12.0 Å². The first kappa shape index (κ1) is 14.1. The fourth-order valence-electron chi connectivity index (χ4n) is 2.88. The summed E-state index contributed by atoms with van der Waals surface area (Å²) in [5, 5.41) is 10.1. The molecule has 0 heterocycles. The van der Waals surface area contributed by atoms with Crippen LogP contribution in [0.4, 0.5) is 13.2 Å². The molecule has 1 atom stereocenters. The van der Waals surface area contributed by atoms with Crippen molar-refractivity contribution in [2.45, 2.75) is 31.8 Å². The van der Waals surface area contributed by atoms with Crippen LogP contribution in [0.3, 0.4) is 0 Å². The van der Waals surface area contributed by atoms with Gasteiger partial charge >= 0.3 is 0 Å². The molecular formula is C17H15F3O. The molecule has 0 amide bonds. The number of hydrogen-bond donors (Lipinski definition) is 1. The van der Waals surface area contributed by atoms with E-state index < -0.39 is 23.6 Å². The van der Waals surface area contributed by atoms with Gasteiger partial charge < -0.3 is 5.11 Å². The van der Waals surface area contributed by atoms with E-state index in [4.69, 9.17) is 0 Å². The lowest BCUT2D eigenvalue weighted by atomic mass is 9.98. The van der Waals surface area contributed by atoms with Gasteiger partial charge in [0.2, 0.25) is 0 Å². The van der Waals surface area contributed by atoms with Crippen molar-refractivity contribution in [2.75, 3.05) is 0 Å². The highest BCUT2D eigenvalue weighted by atomic mass is 19.2. The minimum absolute atomic E-state index is 0.176. The number of fused-ring (bicyclic) bond motifs is 1. The van der Waals surface area contributed by atoms with Crippen LogP contribution in [-0.2, 0) is 19.3 Å². The van der Waals surface area contributed by atoms with Crippen LogP contribution in [-0.4, -0.2) is 5.11 Å². The molecule has 1 unspecified atom stereocenters. The van der Waals surface area contributed by atoms with E-state index in [0.29, 0.717) is 6.07 Å². The van der Waals surface area contributed by atoms with E-state index >= 15 is 0 Å². The van der Waals surface area contributed by atoms with E-state index in [2.05, 4.69) is 0 Å². The Bertz CT molecular complexity index is 682. The van der Waals surface area contributed by atoms with Gasteiger partial charge in [0, 0.05) is 18.1 Å². The Kier molecular flexibility index (Phi) is 3.72. The van der Waals surface area contributed by atoms with Gasteiger partial charge in [-0.2, -0.15) is 0 Å². The van der Waals surface area contributed by atoms with Crippen LogP contribution in [0.25, 0.3) is 0 Å². The molecule has 4 heteroatoms. The van der Waals surface area contributed by atoms with E-state index in [0.717, 1.165) is 30.9 Å². The summed E-state index contributed by atoms with van der Waals surface area (Å²) in [5.41, 5.74) is 3.22. The lowest BCUT2D eigenvalue weighted by Gasteiger charge is -2.13. The van der Waals surface area contributed by atoms with Crippen molar-refractivity contribution in [1.29, 1.82) is 0 Å². The minimum atomic E-state index is -1.25. The zero-order valence-corrected chi connectivity index (χ0v) is 11.4. The largest absolute Gasteiger partial charge is 0.388 e. The van der Waals surface area contributed by atoms with Gasteiger partial charge in [-0.15, -0.1) is 0 Å². The van der Waals surface area contributed by atoms with E-state index in [1.54, 1.807) is 0 Å². The van der Waals surface area contributed by atoms with E-state index in [9.17, 15) is 18.3 Å². The van der Waals surface area contributed by atoms with Gasteiger partial charge in [-0.05, 0) is 42.0 Å². The molecule has 0 spiro atoms. The fraction of sp³-hybridized carbons (Fsp3) is 0.294. The van der Waals surface area contributed by atoms with Crippen LogP contribution in [0.1, 0.15) is 34.8 Å². The molecule has 0 aromatic heterocycles. The van der Waals surface area contributed by atoms with Gasteiger partial charge in [0.1, 0.15) is 5.82 Å². The minimum Gasteiger partial charge on any atom is -0.388 e. The van der Waals surface area contributed by atoms with Gasteiger partial charge in [0.15, 0.2) is 11.6 Å². The van der Waals surface area contributed by atoms with Crippen molar-refractivity contribution >= 4 is 0 Å². The second-order valence-electron chi connectivity index (χ2n) is 5.46. The molecule has 0 aliphatic heterocycles. The van der Waals surface area contributed by atoms with Crippen molar-refractivity contribution in [2.24, 2.45) is 0 Å². The Balaban J connectivity index is 1.83. The topological polar surface area (TPSA) is 20.2 Å². The molecule has 2 aromatic rings. The monoisotopic (exact) mass is 292 g/mol. The summed E-state index contributed by atoms with van der Waals surface area (Å²) in [6.45, 7) is 0. The molecule has 0 saturated carbocycles. The van der Waals surface area contributed by atoms with Gasteiger partial charge in [-0.3, -0.25) is 0 Å². The molecule has 1 aliphatic carbocycles. The number of benzene rings is 2. The van der Waals surface area contributed by atoms with Crippen molar-refractivity contribution in [3.63, 3.8) is 0 Å². The fourth-order valence-corrected chi connectivity index (χ4v) is 2.88. The summed E-state index contributed by atoms with van der Waals surface area (Å²) >= 11 is 0. The number of aliphatic hydroxyl groups excluding tert-OH is 1. The highest BCUT2D eigenvalue weighted by Crippen LogP contribution is 2.27. The molecule has 1 aliphatic rings. The Morgan fingerprint density at radius 3 is 2.43 bits per heavy atom. The second-order valence-corrected chi connectivity index (χ2v) is 5.46. The first-order valence-corrected chi connectivity index (χ1v) is 6.98. The lowest BCUT2D eigenvalue weighted by molar-refractivity contribution is 0.172. The molecule has 2 aromatic carbocycles. The molecule has 0 radical (unpaired) electrons. The van der Waals surface area contributed by atoms with Gasteiger partial charge in [-0.25, -0.2) is 13.2 Å². The quantitative estimate of drug-likeness (QED) is 0.851. The van der Waals surface area contributed by atoms with Crippen LogP contribution < -0.4 is 0 Å². The summed E-state index contributed by atoms with van der Waals surface area (Å²) in [6, 6.07) is 7.11. The highest BCUT2D eigenvalue weighted by Gasteiger charge is 2.18. The lowest BCUT2D eigenvalue weighted by Crippen LogP contribution is -2.06. The molecule has 0 fully saturated rings. The van der Waals surface area contributed by atoms with Gasteiger partial charge in [-0.1, -0.05) is 18.2 Å². The highest BCUT2D eigenvalue weighted by molar-refractivity contribution is 5.36. The Hall–Kier alpha value is -1.81. The third-order valence-electron chi connectivity index (χ3n) is 3.99. The van der Waals surface area contributed by atoms with Gasteiger partial charge in [0.05, 0.1) is 6.10 Å². The van der Waals surface area contributed by atoms with Crippen molar-refractivity contribution in [3.8, 4) is 0 Å². The molecule has 1 nitrogen and oxygen atoms in total. The number of hydrogen-bond acceptors (Lipinski definition) is 1. The first-order chi connectivity index (χ1) is 10.0. The molecule has 0 bridgehead atoms. The molecular weight excluding hydrogens is 277 g/mol. The average molecular weight is 292 g/mol. The molecule has 21 heavy (non-hydrogen) atoms.